The third kappa shape index (κ3) is 5.83. The number of aromatic amines is 1. The van der Waals surface area contributed by atoms with E-state index in [-0.39, 0.29) is 31.1 Å². The van der Waals surface area contributed by atoms with Crippen molar-refractivity contribution in [3.8, 4) is 0 Å². The lowest BCUT2D eigenvalue weighted by molar-refractivity contribution is 0.00102. The van der Waals surface area contributed by atoms with Gasteiger partial charge < -0.3 is 9.47 Å². The number of rotatable bonds is 10. The molecule has 2 rings (SSSR count). The average molecular weight is 416 g/mol. The summed E-state index contributed by atoms with van der Waals surface area (Å²) in [6.45, 7) is 1.71. The summed E-state index contributed by atoms with van der Waals surface area (Å²) in [5.74, 6) is -1.11. The number of benzene rings is 1. The normalized spacial score (nSPS) is 12.8. The van der Waals surface area contributed by atoms with Crippen LogP contribution in [-0.2, 0) is 23.8 Å². The van der Waals surface area contributed by atoms with E-state index in [4.69, 9.17) is 13.7 Å². The summed E-state index contributed by atoms with van der Waals surface area (Å²) in [5, 5.41) is 0. The summed E-state index contributed by atoms with van der Waals surface area (Å²) in [7, 11) is -2.55. The molecule has 1 N–H and O–H groups in total. The first-order chi connectivity index (χ1) is 13.2. The van der Waals surface area contributed by atoms with Gasteiger partial charge in [-0.15, -0.1) is 0 Å². The maximum atomic E-state index is 13.4. The molecule has 1 aromatic heterocycles. The second kappa shape index (κ2) is 9.73. The van der Waals surface area contributed by atoms with Gasteiger partial charge in [-0.2, -0.15) is 12.8 Å². The van der Waals surface area contributed by atoms with Gasteiger partial charge in [0.15, 0.2) is 0 Å². The molecule has 0 spiro atoms. The highest BCUT2D eigenvalue weighted by Gasteiger charge is 2.16. The van der Waals surface area contributed by atoms with Gasteiger partial charge in [-0.25, -0.2) is 4.79 Å². The fourth-order valence-electron chi connectivity index (χ4n) is 2.31. The Kier molecular flexibility index (Phi) is 7.63. The molecule has 0 saturated heterocycles. The second-order valence-electron chi connectivity index (χ2n) is 5.82. The van der Waals surface area contributed by atoms with Crippen molar-refractivity contribution in [2.75, 3.05) is 26.9 Å². The number of hydrogen-bond acceptors (Lipinski definition) is 7. The number of aryl methyl sites for hydroxylation is 1. The van der Waals surface area contributed by atoms with Gasteiger partial charge in [0, 0.05) is 13.5 Å². The van der Waals surface area contributed by atoms with Gasteiger partial charge in [-0.05, 0) is 19.1 Å². The predicted molar refractivity (Wildman–Crippen MR) is 97.1 cm³/mol. The van der Waals surface area contributed by atoms with Crippen molar-refractivity contribution in [3.05, 3.63) is 62.7 Å². The van der Waals surface area contributed by atoms with Gasteiger partial charge in [0.25, 0.3) is 15.7 Å². The Balaban J connectivity index is 1.80. The molecule has 1 aromatic carbocycles. The minimum atomic E-state index is -3.87. The van der Waals surface area contributed by atoms with Crippen LogP contribution in [0.3, 0.4) is 0 Å². The topological polar surface area (TPSA) is 117 Å². The molecule has 1 unspecified atom stereocenters. The van der Waals surface area contributed by atoms with E-state index in [1.807, 2.05) is 11.9 Å². The zero-order valence-electron chi connectivity index (χ0n) is 15.4. The maximum absolute atomic E-state index is 13.4. The molecule has 154 valence electrons. The molecule has 28 heavy (non-hydrogen) atoms. The van der Waals surface area contributed by atoms with Crippen LogP contribution < -0.4 is 11.2 Å². The molecule has 0 fully saturated rings. The number of nitrogens with one attached hydrogen (secondary N) is 1. The van der Waals surface area contributed by atoms with Gasteiger partial charge in [-0.3, -0.25) is 18.5 Å². The van der Waals surface area contributed by atoms with E-state index in [1.165, 1.54) is 19.2 Å². The lowest BCUT2D eigenvalue weighted by atomic mass is 10.2. The molecule has 1 heterocycles. The molecule has 2 aromatic rings. The monoisotopic (exact) mass is 416 g/mol. The van der Waals surface area contributed by atoms with Crippen LogP contribution in [0.1, 0.15) is 18.2 Å². The highest BCUT2D eigenvalue weighted by atomic mass is 32.2. The first-order valence-corrected chi connectivity index (χ1v) is 9.73. The Bertz CT molecular complexity index is 999. The van der Waals surface area contributed by atoms with Crippen LogP contribution in [0.25, 0.3) is 0 Å². The van der Waals surface area contributed by atoms with Crippen molar-refractivity contribution in [2.45, 2.75) is 24.5 Å². The van der Waals surface area contributed by atoms with Gasteiger partial charge in [0.2, 0.25) is 5.82 Å². The van der Waals surface area contributed by atoms with Crippen LogP contribution in [0.2, 0.25) is 0 Å². The number of aromatic nitrogens is 2. The molecular formula is C17H21FN2O7S. The van der Waals surface area contributed by atoms with Crippen molar-refractivity contribution in [2.24, 2.45) is 0 Å². The molecule has 11 heteroatoms. The van der Waals surface area contributed by atoms with E-state index in [9.17, 15) is 22.4 Å². The second-order valence-corrected chi connectivity index (χ2v) is 7.44. The third-order valence-corrected chi connectivity index (χ3v) is 5.12. The van der Waals surface area contributed by atoms with E-state index in [0.29, 0.717) is 0 Å². The van der Waals surface area contributed by atoms with Gasteiger partial charge in [-0.1, -0.05) is 17.7 Å². The molecule has 0 saturated carbocycles. The van der Waals surface area contributed by atoms with Gasteiger partial charge in [0.05, 0.1) is 30.9 Å². The van der Waals surface area contributed by atoms with Gasteiger partial charge >= 0.3 is 5.69 Å². The fourth-order valence-corrected chi connectivity index (χ4v) is 3.20. The van der Waals surface area contributed by atoms with Crippen molar-refractivity contribution >= 4 is 10.1 Å². The Morgan fingerprint density at radius 3 is 2.46 bits per heavy atom. The summed E-state index contributed by atoms with van der Waals surface area (Å²) >= 11 is 0. The first kappa shape index (κ1) is 22.0. The lowest BCUT2D eigenvalue weighted by Gasteiger charge is -2.17. The molecule has 1 atom stereocenters. The van der Waals surface area contributed by atoms with Crippen LogP contribution in [0.5, 0.6) is 0 Å². The molecule has 9 nitrogen and oxygen atoms in total. The number of halogens is 1. The minimum Gasteiger partial charge on any atom is -0.379 e. The van der Waals surface area contributed by atoms with E-state index >= 15 is 0 Å². The summed E-state index contributed by atoms with van der Waals surface area (Å²) in [6.07, 6.45) is 0.0511. The fraction of sp³-hybridized carbons (Fsp3) is 0.412. The molecule has 0 bridgehead atoms. The van der Waals surface area contributed by atoms with E-state index in [0.717, 1.165) is 16.3 Å². The Labute approximate surface area is 160 Å². The number of hydrogen-bond donors (Lipinski definition) is 1. The first-order valence-electron chi connectivity index (χ1n) is 8.32. The molecule has 0 aliphatic rings. The Morgan fingerprint density at radius 2 is 1.82 bits per heavy atom. The van der Waals surface area contributed by atoms with Crippen molar-refractivity contribution in [1.82, 2.24) is 9.55 Å². The number of nitrogens with zero attached hydrogens (tertiary/aromatic N) is 1. The number of H-pyrrole nitrogens is 1. The smallest absolute Gasteiger partial charge is 0.330 e. The van der Waals surface area contributed by atoms with Crippen molar-refractivity contribution < 1.29 is 26.5 Å². The quantitative estimate of drug-likeness (QED) is 0.453. The zero-order valence-corrected chi connectivity index (χ0v) is 16.2. The van der Waals surface area contributed by atoms with E-state index in [1.54, 1.807) is 12.1 Å². The standard InChI is InChI=1S/C17H21FN2O7S/c1-12-3-5-13(6-4-12)28(23,24)27-10-9-26-8-7-15(25-2)20-11-14(18)16(21)19-17(20)22/h3-6,11,15H,7-10H2,1-2H3,(H,19,21,22). The van der Waals surface area contributed by atoms with Gasteiger partial charge in [0.1, 0.15) is 6.23 Å². The SMILES string of the molecule is COC(CCOCCOS(=O)(=O)c1ccc(C)cc1)n1cc(F)c(=O)[nH]c1=O. The van der Waals surface area contributed by atoms with Crippen LogP contribution >= 0.6 is 0 Å². The molecular weight excluding hydrogens is 395 g/mol. The zero-order chi connectivity index (χ0) is 20.7. The summed E-state index contributed by atoms with van der Waals surface area (Å²) in [5.41, 5.74) is -0.999. The minimum absolute atomic E-state index is 0.0175. The Hall–Kier alpha value is -2.34. The third-order valence-electron chi connectivity index (χ3n) is 3.79. The molecule has 0 aliphatic carbocycles. The summed E-state index contributed by atoms with van der Waals surface area (Å²) in [4.78, 5) is 24.7. The van der Waals surface area contributed by atoms with Crippen LogP contribution in [0.4, 0.5) is 4.39 Å². The van der Waals surface area contributed by atoms with Crippen LogP contribution in [0.15, 0.2) is 44.9 Å². The molecule has 0 radical (unpaired) electrons. The van der Waals surface area contributed by atoms with Crippen LogP contribution in [0, 0.1) is 12.7 Å². The average Bonchev–Trinajstić information content (AvgIpc) is 2.65. The number of ether oxygens (including phenoxy) is 2. The lowest BCUT2D eigenvalue weighted by Crippen LogP contribution is -2.34. The molecule has 0 aliphatic heterocycles. The van der Waals surface area contributed by atoms with E-state index in [2.05, 4.69) is 0 Å². The highest BCUT2D eigenvalue weighted by Crippen LogP contribution is 2.13. The predicted octanol–water partition coefficient (Wildman–Crippen LogP) is 0.941. The largest absolute Gasteiger partial charge is 0.379 e. The van der Waals surface area contributed by atoms with Crippen molar-refractivity contribution in [1.29, 1.82) is 0 Å². The highest BCUT2D eigenvalue weighted by molar-refractivity contribution is 7.86. The summed E-state index contributed by atoms with van der Waals surface area (Å²) in [6, 6.07) is 6.24. The maximum Gasteiger partial charge on any atom is 0.330 e. The van der Waals surface area contributed by atoms with Crippen molar-refractivity contribution in [3.63, 3.8) is 0 Å². The molecule has 0 amide bonds. The Morgan fingerprint density at radius 1 is 1.14 bits per heavy atom. The van der Waals surface area contributed by atoms with Crippen LogP contribution in [-0.4, -0.2) is 44.9 Å². The van der Waals surface area contributed by atoms with E-state index < -0.39 is 33.4 Å². The number of methoxy groups -OCH3 is 1. The summed E-state index contributed by atoms with van der Waals surface area (Å²) < 4.78 is 53.6.